The normalized spacial score (nSPS) is 9.17. The minimum absolute atomic E-state index is 0. The van der Waals surface area contributed by atoms with Crippen molar-refractivity contribution < 1.29 is 4.79 Å². The quantitative estimate of drug-likeness (QED) is 0.711. The Balaban J connectivity index is -0.000000109. The molecule has 140 valence electrons. The number of ketones is 1. The summed E-state index contributed by atoms with van der Waals surface area (Å²) in [5.41, 5.74) is 0. The van der Waals surface area contributed by atoms with E-state index in [1.165, 1.54) is 6.33 Å². The third kappa shape index (κ3) is 38.6. The molecule has 4 nitrogen and oxygen atoms in total. The topological polar surface area (TPSA) is 58.6 Å². The Labute approximate surface area is 145 Å². The van der Waals surface area contributed by atoms with Gasteiger partial charge in [0, 0.05) is 11.8 Å². The second kappa shape index (κ2) is 18.9. The predicted octanol–water partition coefficient (Wildman–Crippen LogP) is 6.12. The molecule has 0 saturated heterocycles. The average Bonchev–Trinajstić information content (AvgIpc) is 2.81. The SMILES string of the molecule is C.CC(=O)C(C)C.CC(C)C.CC(C)C.CC(C)c1ncn[nH]1. The summed E-state index contributed by atoms with van der Waals surface area (Å²) in [6.07, 6.45) is 1.52. The van der Waals surface area contributed by atoms with Gasteiger partial charge in [-0.25, -0.2) is 4.98 Å². The summed E-state index contributed by atoms with van der Waals surface area (Å²) < 4.78 is 0. The van der Waals surface area contributed by atoms with Gasteiger partial charge in [0.25, 0.3) is 0 Å². The van der Waals surface area contributed by atoms with Crippen LogP contribution in [-0.4, -0.2) is 21.0 Å². The Morgan fingerprint density at radius 3 is 1.30 bits per heavy atom. The average molecular weight is 330 g/mol. The number of hydrogen-bond donors (Lipinski definition) is 1. The number of nitrogens with zero attached hydrogens (tertiary/aromatic N) is 2. The molecule has 1 aromatic rings. The van der Waals surface area contributed by atoms with Crippen molar-refractivity contribution in [1.29, 1.82) is 0 Å². The lowest BCUT2D eigenvalue weighted by molar-refractivity contribution is -0.119. The van der Waals surface area contributed by atoms with Gasteiger partial charge in [0.15, 0.2) is 0 Å². The highest BCUT2D eigenvalue weighted by molar-refractivity contribution is 5.77. The van der Waals surface area contributed by atoms with E-state index < -0.39 is 0 Å². The lowest BCUT2D eigenvalue weighted by Crippen LogP contribution is -1.98. The van der Waals surface area contributed by atoms with Gasteiger partial charge in [-0.15, -0.1) is 0 Å². The minimum Gasteiger partial charge on any atom is -0.300 e. The third-order valence-corrected chi connectivity index (χ3v) is 1.79. The van der Waals surface area contributed by atoms with E-state index in [-0.39, 0.29) is 19.1 Å². The van der Waals surface area contributed by atoms with Crippen LogP contribution in [0.3, 0.4) is 0 Å². The number of aromatic amines is 1. The summed E-state index contributed by atoms with van der Waals surface area (Å²) in [6, 6.07) is 0. The maximum Gasteiger partial charge on any atom is 0.137 e. The first kappa shape index (κ1) is 29.8. The first-order valence-corrected chi connectivity index (χ1v) is 8.27. The molecule has 0 saturated carbocycles. The van der Waals surface area contributed by atoms with E-state index in [9.17, 15) is 4.79 Å². The smallest absolute Gasteiger partial charge is 0.137 e. The zero-order chi connectivity index (χ0) is 18.3. The number of H-pyrrole nitrogens is 1. The molecule has 0 spiro atoms. The molecule has 0 bridgehead atoms. The van der Waals surface area contributed by atoms with E-state index in [0.717, 1.165) is 17.7 Å². The maximum absolute atomic E-state index is 10.1. The number of rotatable bonds is 2. The fraction of sp³-hybridized carbons (Fsp3) is 0.842. The number of carbonyl (C=O) groups excluding carboxylic acids is 1. The Morgan fingerprint density at radius 2 is 1.22 bits per heavy atom. The Morgan fingerprint density at radius 1 is 0.913 bits per heavy atom. The van der Waals surface area contributed by atoms with Gasteiger partial charge < -0.3 is 0 Å². The summed E-state index contributed by atoms with van der Waals surface area (Å²) in [5, 5.41) is 6.48. The van der Waals surface area contributed by atoms with Crippen molar-refractivity contribution in [2.24, 2.45) is 17.8 Å². The number of hydrogen-bond acceptors (Lipinski definition) is 3. The van der Waals surface area contributed by atoms with E-state index in [4.69, 9.17) is 0 Å². The van der Waals surface area contributed by atoms with Crippen molar-refractivity contribution in [3.05, 3.63) is 12.2 Å². The fourth-order valence-corrected chi connectivity index (χ4v) is 0.493. The van der Waals surface area contributed by atoms with E-state index in [1.54, 1.807) is 6.92 Å². The zero-order valence-electron chi connectivity index (χ0n) is 16.7. The highest BCUT2D eigenvalue weighted by Crippen LogP contribution is 2.04. The molecule has 0 amide bonds. The van der Waals surface area contributed by atoms with Gasteiger partial charge in [0.2, 0.25) is 0 Å². The lowest BCUT2D eigenvalue weighted by Gasteiger charge is -1.93. The molecule has 0 aliphatic rings. The summed E-state index contributed by atoms with van der Waals surface area (Å²) in [7, 11) is 0. The Hall–Kier alpha value is -1.19. The van der Waals surface area contributed by atoms with Crippen LogP contribution in [0.15, 0.2) is 6.33 Å². The number of aromatic nitrogens is 3. The van der Waals surface area contributed by atoms with Gasteiger partial charge >= 0.3 is 0 Å². The van der Waals surface area contributed by atoms with Crippen LogP contribution >= 0.6 is 0 Å². The van der Waals surface area contributed by atoms with Crippen LogP contribution in [0.25, 0.3) is 0 Å². The standard InChI is InChI=1S/C5H9N3.C5H10O.2C4H10.CH4/c1-4(2)5-6-3-7-8-5;1-4(2)5(3)6;2*1-4(2)3;/h3-4H,1-2H3,(H,6,7,8);4H,1-3H3;2*4H,1-3H3;1H4. The van der Waals surface area contributed by atoms with Crippen LogP contribution in [0, 0.1) is 17.8 Å². The van der Waals surface area contributed by atoms with Crippen LogP contribution < -0.4 is 0 Å². The van der Waals surface area contributed by atoms with E-state index in [2.05, 4.69) is 70.6 Å². The summed E-state index contributed by atoms with van der Waals surface area (Å²) in [6.45, 7) is 22.5. The zero-order valence-corrected chi connectivity index (χ0v) is 16.7. The van der Waals surface area contributed by atoms with Crippen LogP contribution in [-0.2, 0) is 4.79 Å². The van der Waals surface area contributed by atoms with Gasteiger partial charge in [-0.1, -0.05) is 76.7 Å². The van der Waals surface area contributed by atoms with Gasteiger partial charge in [0.05, 0.1) is 0 Å². The molecular weight excluding hydrogens is 286 g/mol. The van der Waals surface area contributed by atoms with Crippen LogP contribution in [0.5, 0.6) is 0 Å². The third-order valence-electron chi connectivity index (χ3n) is 1.79. The van der Waals surface area contributed by atoms with Gasteiger partial charge in [-0.05, 0) is 18.8 Å². The monoisotopic (exact) mass is 329 g/mol. The highest BCUT2D eigenvalue weighted by Gasteiger charge is 1.98. The molecule has 1 N–H and O–H groups in total. The molecule has 1 heterocycles. The molecule has 0 aliphatic heterocycles. The van der Waals surface area contributed by atoms with Crippen LogP contribution in [0.1, 0.15) is 95.3 Å². The van der Waals surface area contributed by atoms with Gasteiger partial charge in [0.1, 0.15) is 17.9 Å². The first-order chi connectivity index (χ1) is 9.91. The molecule has 0 atom stereocenters. The Bertz CT molecular complexity index is 317. The van der Waals surface area contributed by atoms with E-state index in [1.807, 2.05) is 13.8 Å². The molecule has 0 fully saturated rings. The second-order valence-corrected chi connectivity index (χ2v) is 7.25. The van der Waals surface area contributed by atoms with Crippen molar-refractivity contribution in [3.8, 4) is 0 Å². The summed E-state index contributed by atoms with van der Waals surface area (Å²) in [5.74, 6) is 3.54. The number of Topliss-reactive ketones (excluding diaryl/α,β-unsaturated/α-hetero) is 1. The molecule has 0 aromatic carbocycles. The van der Waals surface area contributed by atoms with Gasteiger partial charge in [-0.2, -0.15) is 5.10 Å². The maximum atomic E-state index is 10.1. The second-order valence-electron chi connectivity index (χ2n) is 7.25. The Kier molecular flexibility index (Phi) is 24.4. The van der Waals surface area contributed by atoms with Crippen molar-refractivity contribution in [3.63, 3.8) is 0 Å². The molecule has 0 unspecified atom stereocenters. The van der Waals surface area contributed by atoms with E-state index in [0.29, 0.717) is 5.92 Å². The fourth-order valence-electron chi connectivity index (χ4n) is 0.493. The predicted molar refractivity (Wildman–Crippen MR) is 104 cm³/mol. The molecule has 1 aromatic heterocycles. The minimum atomic E-state index is 0. The van der Waals surface area contributed by atoms with Crippen molar-refractivity contribution in [2.45, 2.75) is 89.5 Å². The molecule has 0 radical (unpaired) electrons. The number of carbonyl (C=O) groups is 1. The van der Waals surface area contributed by atoms with Crippen LogP contribution in [0.2, 0.25) is 0 Å². The lowest BCUT2D eigenvalue weighted by atomic mass is 10.1. The molecule has 23 heavy (non-hydrogen) atoms. The van der Waals surface area contributed by atoms with Crippen molar-refractivity contribution >= 4 is 5.78 Å². The highest BCUT2D eigenvalue weighted by atomic mass is 16.1. The molecule has 0 aliphatic carbocycles. The summed E-state index contributed by atoms with van der Waals surface area (Å²) >= 11 is 0. The van der Waals surface area contributed by atoms with Crippen molar-refractivity contribution in [2.75, 3.05) is 0 Å². The first-order valence-electron chi connectivity index (χ1n) is 8.27. The molecular formula is C19H43N3O. The molecule has 1 rings (SSSR count). The number of nitrogens with one attached hydrogen (secondary N) is 1. The van der Waals surface area contributed by atoms with Crippen LogP contribution in [0.4, 0.5) is 0 Å². The largest absolute Gasteiger partial charge is 0.300 e. The van der Waals surface area contributed by atoms with E-state index >= 15 is 0 Å². The van der Waals surface area contributed by atoms with Gasteiger partial charge in [-0.3, -0.25) is 9.89 Å². The molecule has 4 heteroatoms. The summed E-state index contributed by atoms with van der Waals surface area (Å²) in [4.78, 5) is 14.1. The van der Waals surface area contributed by atoms with Crippen molar-refractivity contribution in [1.82, 2.24) is 15.2 Å².